The highest BCUT2D eigenvalue weighted by Crippen LogP contribution is 2.42. The highest BCUT2D eigenvalue weighted by Gasteiger charge is 2.43. The average Bonchev–Trinajstić information content (AvgIpc) is 2.55. The van der Waals surface area contributed by atoms with Gasteiger partial charge in [-0.2, -0.15) is 0 Å². The van der Waals surface area contributed by atoms with Crippen LogP contribution in [0.4, 0.5) is 5.69 Å². The Kier molecular flexibility index (Phi) is 5.86. The Morgan fingerprint density at radius 3 is 2.54 bits per heavy atom. The van der Waals surface area contributed by atoms with Crippen molar-refractivity contribution in [2.45, 2.75) is 52.4 Å². The summed E-state index contributed by atoms with van der Waals surface area (Å²) in [5.41, 5.74) is 0.680. The molecule has 0 saturated heterocycles. The molecule has 132 valence electrons. The summed E-state index contributed by atoms with van der Waals surface area (Å²) in [6.45, 7) is 3.72. The fourth-order valence-electron chi connectivity index (χ4n) is 3.65. The molecular weight excluding hydrogens is 306 g/mol. The van der Waals surface area contributed by atoms with Gasteiger partial charge < -0.3 is 15.2 Å². The monoisotopic (exact) mass is 333 g/mol. The second kappa shape index (κ2) is 7.69. The zero-order valence-electron chi connectivity index (χ0n) is 14.7. The van der Waals surface area contributed by atoms with Crippen LogP contribution in [0.3, 0.4) is 0 Å². The number of carbonyl (C=O) groups is 2. The second-order valence-corrected chi connectivity index (χ2v) is 6.98. The molecule has 2 N–H and O–H groups in total. The molecule has 0 spiro atoms. The van der Waals surface area contributed by atoms with Crippen molar-refractivity contribution in [3.8, 4) is 5.75 Å². The predicted octanol–water partition coefficient (Wildman–Crippen LogP) is 4.00. The number of hydrogen-bond acceptors (Lipinski definition) is 3. The number of methoxy groups -OCH3 is 1. The Morgan fingerprint density at radius 1 is 1.29 bits per heavy atom. The van der Waals surface area contributed by atoms with Crippen LogP contribution in [0.25, 0.3) is 0 Å². The summed E-state index contributed by atoms with van der Waals surface area (Å²) < 4.78 is 5.31. The highest BCUT2D eigenvalue weighted by molar-refractivity contribution is 5.98. The summed E-state index contributed by atoms with van der Waals surface area (Å²) in [5.74, 6) is -0.497. The molecule has 0 heterocycles. The standard InChI is InChI=1S/C19H27NO4/c1-13-9-10-16(24-3)15(11-13)20-18(23)19(2,12-17(21)22)14-7-5-4-6-8-14/h9-11,14H,4-8,12H2,1-3H3,(H,20,23)(H,21,22). The van der Waals surface area contributed by atoms with E-state index in [4.69, 9.17) is 4.74 Å². The first-order valence-corrected chi connectivity index (χ1v) is 8.54. The molecule has 0 radical (unpaired) electrons. The van der Waals surface area contributed by atoms with Gasteiger partial charge in [0.2, 0.25) is 5.91 Å². The zero-order chi connectivity index (χ0) is 17.7. The van der Waals surface area contributed by atoms with Crippen molar-refractivity contribution in [1.29, 1.82) is 0 Å². The summed E-state index contributed by atoms with van der Waals surface area (Å²) in [6, 6.07) is 5.56. The highest BCUT2D eigenvalue weighted by atomic mass is 16.5. The normalized spacial score (nSPS) is 17.8. The van der Waals surface area contributed by atoms with E-state index in [0.717, 1.165) is 37.7 Å². The third-order valence-corrected chi connectivity index (χ3v) is 5.15. The van der Waals surface area contributed by atoms with Crippen molar-refractivity contribution < 1.29 is 19.4 Å². The topological polar surface area (TPSA) is 75.6 Å². The molecule has 0 aliphatic heterocycles. The molecular formula is C19H27NO4. The van der Waals surface area contributed by atoms with Crippen LogP contribution in [-0.2, 0) is 9.59 Å². The number of aliphatic carboxylic acids is 1. The van der Waals surface area contributed by atoms with Crippen LogP contribution >= 0.6 is 0 Å². The lowest BCUT2D eigenvalue weighted by molar-refractivity contribution is -0.145. The molecule has 1 aromatic rings. The van der Waals surface area contributed by atoms with Gasteiger partial charge in [-0.05, 0) is 50.3 Å². The predicted molar refractivity (Wildman–Crippen MR) is 93.3 cm³/mol. The maximum absolute atomic E-state index is 13.0. The minimum atomic E-state index is -0.936. The fourth-order valence-corrected chi connectivity index (χ4v) is 3.65. The lowest BCUT2D eigenvalue weighted by Gasteiger charge is -2.37. The molecule has 1 aliphatic carbocycles. The van der Waals surface area contributed by atoms with E-state index in [1.165, 1.54) is 0 Å². The van der Waals surface area contributed by atoms with Crippen LogP contribution in [0.2, 0.25) is 0 Å². The van der Waals surface area contributed by atoms with Gasteiger partial charge in [-0.15, -0.1) is 0 Å². The molecule has 1 amide bonds. The van der Waals surface area contributed by atoms with E-state index in [2.05, 4.69) is 5.32 Å². The van der Waals surface area contributed by atoms with Crippen LogP contribution < -0.4 is 10.1 Å². The number of amides is 1. The lowest BCUT2D eigenvalue weighted by atomic mass is 9.67. The van der Waals surface area contributed by atoms with Gasteiger partial charge in [0.05, 0.1) is 24.6 Å². The molecule has 1 aliphatic rings. The summed E-state index contributed by atoms with van der Waals surface area (Å²) in [6.07, 6.45) is 4.93. The van der Waals surface area contributed by atoms with E-state index in [0.29, 0.717) is 11.4 Å². The summed E-state index contributed by atoms with van der Waals surface area (Å²) in [4.78, 5) is 24.4. The van der Waals surface area contributed by atoms with E-state index in [-0.39, 0.29) is 18.2 Å². The summed E-state index contributed by atoms with van der Waals surface area (Å²) >= 11 is 0. The Morgan fingerprint density at radius 2 is 1.96 bits per heavy atom. The quantitative estimate of drug-likeness (QED) is 0.825. The Bertz CT molecular complexity index is 607. The van der Waals surface area contributed by atoms with Crippen molar-refractivity contribution in [2.75, 3.05) is 12.4 Å². The maximum Gasteiger partial charge on any atom is 0.304 e. The second-order valence-electron chi connectivity index (χ2n) is 6.98. The minimum Gasteiger partial charge on any atom is -0.495 e. The summed E-state index contributed by atoms with van der Waals surface area (Å²) in [7, 11) is 1.55. The number of carbonyl (C=O) groups excluding carboxylic acids is 1. The van der Waals surface area contributed by atoms with E-state index in [1.807, 2.05) is 19.1 Å². The average molecular weight is 333 g/mol. The molecule has 1 saturated carbocycles. The molecule has 1 fully saturated rings. The third-order valence-electron chi connectivity index (χ3n) is 5.15. The number of carboxylic acid groups (broad SMARTS) is 1. The first-order chi connectivity index (χ1) is 11.4. The lowest BCUT2D eigenvalue weighted by Crippen LogP contribution is -2.42. The van der Waals surface area contributed by atoms with Crippen molar-refractivity contribution in [1.82, 2.24) is 0 Å². The molecule has 5 heteroatoms. The van der Waals surface area contributed by atoms with Crippen molar-refractivity contribution in [2.24, 2.45) is 11.3 Å². The maximum atomic E-state index is 13.0. The van der Waals surface area contributed by atoms with Crippen molar-refractivity contribution in [3.05, 3.63) is 23.8 Å². The molecule has 0 bridgehead atoms. The molecule has 1 aromatic carbocycles. The number of rotatable bonds is 6. The van der Waals surface area contributed by atoms with Gasteiger partial charge in [0, 0.05) is 0 Å². The van der Waals surface area contributed by atoms with Crippen LogP contribution in [0.1, 0.15) is 51.0 Å². The van der Waals surface area contributed by atoms with Crippen LogP contribution in [0.5, 0.6) is 5.75 Å². The van der Waals surface area contributed by atoms with Crippen LogP contribution in [0, 0.1) is 18.3 Å². The van der Waals surface area contributed by atoms with Crippen molar-refractivity contribution in [3.63, 3.8) is 0 Å². The van der Waals surface area contributed by atoms with Gasteiger partial charge in [0.1, 0.15) is 5.75 Å². The molecule has 1 atom stereocenters. The van der Waals surface area contributed by atoms with Gasteiger partial charge in [-0.3, -0.25) is 9.59 Å². The van der Waals surface area contributed by atoms with E-state index in [1.54, 1.807) is 20.1 Å². The minimum absolute atomic E-state index is 0.0955. The Balaban J connectivity index is 2.27. The number of hydrogen-bond donors (Lipinski definition) is 2. The molecule has 5 nitrogen and oxygen atoms in total. The summed E-state index contributed by atoms with van der Waals surface area (Å²) in [5, 5.41) is 12.3. The first-order valence-electron chi connectivity index (χ1n) is 8.54. The van der Waals surface area contributed by atoms with E-state index < -0.39 is 11.4 Å². The number of ether oxygens (including phenoxy) is 1. The zero-order valence-corrected chi connectivity index (χ0v) is 14.7. The molecule has 1 unspecified atom stereocenters. The number of anilines is 1. The van der Waals surface area contributed by atoms with Crippen LogP contribution in [-0.4, -0.2) is 24.1 Å². The van der Waals surface area contributed by atoms with E-state index >= 15 is 0 Å². The first kappa shape index (κ1) is 18.3. The van der Waals surface area contributed by atoms with Gasteiger partial charge in [0.25, 0.3) is 0 Å². The van der Waals surface area contributed by atoms with Gasteiger partial charge >= 0.3 is 5.97 Å². The molecule has 2 rings (SSSR count). The fraction of sp³-hybridized carbons (Fsp3) is 0.579. The number of benzene rings is 1. The molecule has 0 aromatic heterocycles. The number of aryl methyl sites for hydroxylation is 1. The number of nitrogens with one attached hydrogen (secondary N) is 1. The Hall–Kier alpha value is -2.04. The Labute approximate surface area is 143 Å². The molecule has 24 heavy (non-hydrogen) atoms. The van der Waals surface area contributed by atoms with Crippen molar-refractivity contribution >= 4 is 17.6 Å². The number of carboxylic acids is 1. The van der Waals surface area contributed by atoms with Crippen LogP contribution in [0.15, 0.2) is 18.2 Å². The third kappa shape index (κ3) is 4.08. The van der Waals surface area contributed by atoms with Gasteiger partial charge in [-0.1, -0.05) is 25.3 Å². The van der Waals surface area contributed by atoms with Gasteiger partial charge in [0.15, 0.2) is 0 Å². The SMILES string of the molecule is COc1ccc(C)cc1NC(=O)C(C)(CC(=O)O)C1CCCCC1. The van der Waals surface area contributed by atoms with Gasteiger partial charge in [-0.25, -0.2) is 0 Å². The van der Waals surface area contributed by atoms with E-state index in [9.17, 15) is 14.7 Å². The largest absolute Gasteiger partial charge is 0.495 e. The smallest absolute Gasteiger partial charge is 0.304 e.